The van der Waals surface area contributed by atoms with Gasteiger partial charge in [0.25, 0.3) is 0 Å². The lowest BCUT2D eigenvalue weighted by molar-refractivity contribution is 0.412. The molecule has 2 heterocycles. The zero-order chi connectivity index (χ0) is 14.5. The molecule has 0 saturated carbocycles. The van der Waals surface area contributed by atoms with Crippen molar-refractivity contribution in [3.05, 3.63) is 29.8 Å². The molecule has 1 N–H and O–H groups in total. The lowest BCUT2D eigenvalue weighted by Crippen LogP contribution is -2.19. The fourth-order valence-electron chi connectivity index (χ4n) is 1.77. The molecule has 0 bridgehead atoms. The SMILES string of the molecule is Cc1cc(Oc2cnc(CNCC(C)C)cn2)n(C)n1. The second-order valence-corrected chi connectivity index (χ2v) is 5.22. The van der Waals surface area contributed by atoms with Gasteiger partial charge in [-0.15, -0.1) is 0 Å². The number of nitrogens with zero attached hydrogens (tertiary/aromatic N) is 4. The molecular formula is C14H21N5O. The largest absolute Gasteiger partial charge is 0.419 e. The van der Waals surface area contributed by atoms with Crippen molar-refractivity contribution < 1.29 is 4.74 Å². The van der Waals surface area contributed by atoms with Crippen molar-refractivity contribution in [2.45, 2.75) is 27.3 Å². The minimum Gasteiger partial charge on any atom is -0.419 e. The van der Waals surface area contributed by atoms with Crippen molar-refractivity contribution in [3.63, 3.8) is 0 Å². The van der Waals surface area contributed by atoms with Crippen LogP contribution in [-0.4, -0.2) is 26.3 Å². The third-order valence-corrected chi connectivity index (χ3v) is 2.71. The van der Waals surface area contributed by atoms with Crippen molar-refractivity contribution in [3.8, 4) is 11.8 Å². The van der Waals surface area contributed by atoms with E-state index in [4.69, 9.17) is 4.74 Å². The van der Waals surface area contributed by atoms with Crippen LogP contribution in [-0.2, 0) is 13.6 Å². The molecule has 0 radical (unpaired) electrons. The van der Waals surface area contributed by atoms with E-state index in [1.54, 1.807) is 17.1 Å². The molecule has 0 aromatic carbocycles. The number of aromatic nitrogens is 4. The Bertz CT molecular complexity index is 547. The van der Waals surface area contributed by atoms with Crippen LogP contribution in [0.2, 0.25) is 0 Å². The molecule has 6 heteroatoms. The smallest absolute Gasteiger partial charge is 0.239 e. The van der Waals surface area contributed by atoms with Gasteiger partial charge in [0.2, 0.25) is 11.8 Å². The fourth-order valence-corrected chi connectivity index (χ4v) is 1.77. The van der Waals surface area contributed by atoms with E-state index in [0.717, 1.165) is 24.5 Å². The van der Waals surface area contributed by atoms with Crippen molar-refractivity contribution in [1.29, 1.82) is 0 Å². The van der Waals surface area contributed by atoms with Crippen molar-refractivity contribution in [2.75, 3.05) is 6.54 Å². The predicted molar refractivity (Wildman–Crippen MR) is 76.6 cm³/mol. The lowest BCUT2D eigenvalue weighted by Gasteiger charge is -2.07. The third kappa shape index (κ3) is 4.03. The molecule has 0 aliphatic carbocycles. The summed E-state index contributed by atoms with van der Waals surface area (Å²) >= 11 is 0. The highest BCUT2D eigenvalue weighted by atomic mass is 16.5. The van der Waals surface area contributed by atoms with Gasteiger partial charge in [0.1, 0.15) is 0 Å². The summed E-state index contributed by atoms with van der Waals surface area (Å²) < 4.78 is 7.31. The van der Waals surface area contributed by atoms with Gasteiger partial charge in [0.15, 0.2) is 0 Å². The fraction of sp³-hybridized carbons (Fsp3) is 0.500. The van der Waals surface area contributed by atoms with E-state index in [2.05, 4.69) is 34.2 Å². The van der Waals surface area contributed by atoms with Gasteiger partial charge < -0.3 is 10.1 Å². The Balaban J connectivity index is 1.93. The van der Waals surface area contributed by atoms with Gasteiger partial charge >= 0.3 is 0 Å². The van der Waals surface area contributed by atoms with Crippen LogP contribution >= 0.6 is 0 Å². The standard InChI is InChI=1S/C14H21N5O/c1-10(2)6-15-7-12-8-17-13(9-16-12)20-14-5-11(3)18-19(14)4/h5,8-10,15H,6-7H2,1-4H3. The van der Waals surface area contributed by atoms with E-state index in [0.29, 0.717) is 17.7 Å². The zero-order valence-corrected chi connectivity index (χ0v) is 12.4. The van der Waals surface area contributed by atoms with Crippen LogP contribution in [0.1, 0.15) is 25.2 Å². The first kappa shape index (κ1) is 14.5. The van der Waals surface area contributed by atoms with Gasteiger partial charge in [-0.25, -0.2) is 9.67 Å². The number of ether oxygens (including phenoxy) is 1. The molecule has 108 valence electrons. The summed E-state index contributed by atoms with van der Waals surface area (Å²) in [5.41, 5.74) is 1.81. The second kappa shape index (κ2) is 6.47. The highest BCUT2D eigenvalue weighted by molar-refractivity contribution is 5.20. The van der Waals surface area contributed by atoms with Gasteiger partial charge in [-0.1, -0.05) is 13.8 Å². The number of rotatable bonds is 6. The first-order valence-corrected chi connectivity index (χ1v) is 6.74. The minimum absolute atomic E-state index is 0.473. The molecule has 20 heavy (non-hydrogen) atoms. The summed E-state index contributed by atoms with van der Waals surface area (Å²) in [6.07, 6.45) is 3.36. The summed E-state index contributed by atoms with van der Waals surface area (Å²) in [5.74, 6) is 1.75. The van der Waals surface area contributed by atoms with Crippen molar-refractivity contribution in [1.82, 2.24) is 25.1 Å². The molecule has 2 aromatic heterocycles. The van der Waals surface area contributed by atoms with Crippen LogP contribution in [0.15, 0.2) is 18.5 Å². The van der Waals surface area contributed by atoms with E-state index >= 15 is 0 Å². The van der Waals surface area contributed by atoms with Gasteiger partial charge in [0.05, 0.1) is 23.8 Å². The lowest BCUT2D eigenvalue weighted by atomic mass is 10.2. The van der Waals surface area contributed by atoms with E-state index in [1.165, 1.54) is 0 Å². The maximum Gasteiger partial charge on any atom is 0.239 e. The number of hydrogen-bond acceptors (Lipinski definition) is 5. The second-order valence-electron chi connectivity index (χ2n) is 5.22. The Morgan fingerprint density at radius 1 is 1.30 bits per heavy atom. The molecule has 0 aliphatic heterocycles. The molecule has 0 unspecified atom stereocenters. The maximum atomic E-state index is 5.63. The molecule has 0 fully saturated rings. The maximum absolute atomic E-state index is 5.63. The number of aryl methyl sites for hydroxylation is 2. The predicted octanol–water partition coefficient (Wildman–Crippen LogP) is 2.06. The molecule has 0 amide bonds. The Morgan fingerprint density at radius 2 is 2.10 bits per heavy atom. The molecular weight excluding hydrogens is 254 g/mol. The summed E-state index contributed by atoms with van der Waals surface area (Å²) in [7, 11) is 1.83. The summed E-state index contributed by atoms with van der Waals surface area (Å²) in [4.78, 5) is 8.58. The monoisotopic (exact) mass is 275 g/mol. The van der Waals surface area contributed by atoms with Gasteiger partial charge in [-0.05, 0) is 19.4 Å². The number of nitrogens with one attached hydrogen (secondary N) is 1. The summed E-state index contributed by atoms with van der Waals surface area (Å²) in [6.45, 7) is 7.95. The Hall–Kier alpha value is -1.95. The van der Waals surface area contributed by atoms with Gasteiger partial charge in [0, 0.05) is 19.7 Å². The molecule has 2 aromatic rings. The first-order valence-electron chi connectivity index (χ1n) is 6.74. The van der Waals surface area contributed by atoms with E-state index in [9.17, 15) is 0 Å². The Morgan fingerprint density at radius 3 is 2.65 bits per heavy atom. The van der Waals surface area contributed by atoms with Crippen molar-refractivity contribution >= 4 is 0 Å². The van der Waals surface area contributed by atoms with E-state index < -0.39 is 0 Å². The minimum atomic E-state index is 0.473. The van der Waals surface area contributed by atoms with E-state index in [1.807, 2.05) is 20.0 Å². The highest BCUT2D eigenvalue weighted by Gasteiger charge is 2.06. The number of hydrogen-bond donors (Lipinski definition) is 1. The average molecular weight is 275 g/mol. The van der Waals surface area contributed by atoms with Crippen molar-refractivity contribution in [2.24, 2.45) is 13.0 Å². The van der Waals surface area contributed by atoms with Crippen LogP contribution in [0.3, 0.4) is 0 Å². The van der Waals surface area contributed by atoms with Crippen LogP contribution < -0.4 is 10.1 Å². The average Bonchev–Trinajstić information content (AvgIpc) is 2.69. The van der Waals surface area contributed by atoms with Gasteiger partial charge in [-0.2, -0.15) is 5.10 Å². The molecule has 0 aliphatic rings. The molecule has 0 spiro atoms. The Kier molecular flexibility index (Phi) is 4.68. The normalized spacial score (nSPS) is 11.1. The molecule has 0 atom stereocenters. The molecule has 2 rings (SSSR count). The zero-order valence-electron chi connectivity index (χ0n) is 12.4. The quantitative estimate of drug-likeness (QED) is 0.874. The van der Waals surface area contributed by atoms with E-state index in [-0.39, 0.29) is 0 Å². The highest BCUT2D eigenvalue weighted by Crippen LogP contribution is 2.18. The molecule has 6 nitrogen and oxygen atoms in total. The summed E-state index contributed by atoms with van der Waals surface area (Å²) in [5, 5.41) is 7.54. The van der Waals surface area contributed by atoms with Crippen LogP contribution in [0.4, 0.5) is 0 Å². The van der Waals surface area contributed by atoms with Crippen LogP contribution in [0.25, 0.3) is 0 Å². The van der Waals surface area contributed by atoms with Crippen LogP contribution in [0.5, 0.6) is 11.8 Å². The van der Waals surface area contributed by atoms with Gasteiger partial charge in [-0.3, -0.25) is 4.98 Å². The topological polar surface area (TPSA) is 64.9 Å². The Labute approximate surface area is 119 Å². The third-order valence-electron chi connectivity index (χ3n) is 2.71. The molecule has 0 saturated heterocycles. The van der Waals surface area contributed by atoms with Crippen LogP contribution in [0, 0.1) is 12.8 Å². The summed E-state index contributed by atoms with van der Waals surface area (Å²) in [6, 6.07) is 1.86. The first-order chi connectivity index (χ1) is 9.54.